The first-order valence-electron chi connectivity index (χ1n) is 8.86. The Morgan fingerprint density at radius 2 is 1.44 bits per heavy atom. The number of anilines is 1. The fourth-order valence-electron chi connectivity index (χ4n) is 3.09. The Labute approximate surface area is 164 Å². The maximum absolute atomic E-state index is 5.98. The predicted octanol–water partition coefficient (Wildman–Crippen LogP) is 6.02. The summed E-state index contributed by atoms with van der Waals surface area (Å²) in [7, 11) is 2.01. The molecule has 0 saturated carbocycles. The summed E-state index contributed by atoms with van der Waals surface area (Å²) in [5, 5.41) is 4.15. The van der Waals surface area contributed by atoms with Gasteiger partial charge >= 0.3 is 0 Å². The van der Waals surface area contributed by atoms with E-state index in [9.17, 15) is 0 Å². The van der Waals surface area contributed by atoms with E-state index in [4.69, 9.17) is 11.6 Å². The number of nitrogens with zero attached hydrogens (tertiary/aromatic N) is 2. The third kappa shape index (κ3) is 3.88. The molecule has 4 rings (SSSR count). The molecule has 4 aromatic rings. The van der Waals surface area contributed by atoms with Gasteiger partial charge in [0.15, 0.2) is 0 Å². The maximum atomic E-state index is 5.98. The molecular formula is C23H20ClN3. The van der Waals surface area contributed by atoms with Crippen LogP contribution in [0.15, 0.2) is 85.1 Å². The standard InChI is InChI=1S/C23H20ClN3/c1-27-22(20-11-13-21(24)14-12-20)16-26-23(27)25-15-17-7-9-19(10-8-17)18-5-3-2-4-6-18/h2-14,16H,15H2,1H3,(H,25,26). The van der Waals surface area contributed by atoms with Gasteiger partial charge in [-0.05, 0) is 34.4 Å². The van der Waals surface area contributed by atoms with Gasteiger partial charge in [0.1, 0.15) is 0 Å². The molecule has 0 unspecified atom stereocenters. The molecule has 3 nitrogen and oxygen atoms in total. The molecule has 0 fully saturated rings. The second-order valence-corrected chi connectivity index (χ2v) is 6.89. The zero-order valence-electron chi connectivity index (χ0n) is 15.1. The quantitative estimate of drug-likeness (QED) is 0.463. The van der Waals surface area contributed by atoms with E-state index in [-0.39, 0.29) is 0 Å². The Bertz CT molecular complexity index is 1020. The van der Waals surface area contributed by atoms with Gasteiger partial charge in [-0.3, -0.25) is 0 Å². The normalized spacial score (nSPS) is 10.7. The molecule has 134 valence electrons. The Kier molecular flexibility index (Phi) is 4.95. The third-order valence-electron chi connectivity index (χ3n) is 4.64. The summed E-state index contributed by atoms with van der Waals surface area (Å²) in [4.78, 5) is 4.51. The Morgan fingerprint density at radius 3 is 2.15 bits per heavy atom. The fraction of sp³-hybridized carbons (Fsp3) is 0.0870. The molecule has 0 amide bonds. The number of aromatic nitrogens is 2. The lowest BCUT2D eigenvalue weighted by Crippen LogP contribution is -2.05. The SMILES string of the molecule is Cn1c(-c2ccc(Cl)cc2)cnc1NCc1ccc(-c2ccccc2)cc1. The molecule has 1 heterocycles. The predicted molar refractivity (Wildman–Crippen MR) is 113 cm³/mol. The van der Waals surface area contributed by atoms with Gasteiger partial charge in [0.2, 0.25) is 5.95 Å². The van der Waals surface area contributed by atoms with Gasteiger partial charge in [-0.25, -0.2) is 4.98 Å². The minimum atomic E-state index is 0.722. The van der Waals surface area contributed by atoms with Crippen LogP contribution in [0.2, 0.25) is 5.02 Å². The number of nitrogens with one attached hydrogen (secondary N) is 1. The van der Waals surface area contributed by atoms with Crippen LogP contribution in [0.1, 0.15) is 5.56 Å². The van der Waals surface area contributed by atoms with Crippen molar-refractivity contribution in [3.05, 3.63) is 95.6 Å². The van der Waals surface area contributed by atoms with Crippen molar-refractivity contribution in [3.63, 3.8) is 0 Å². The van der Waals surface area contributed by atoms with Crippen LogP contribution in [0.4, 0.5) is 5.95 Å². The number of hydrogen-bond donors (Lipinski definition) is 1. The first-order valence-corrected chi connectivity index (χ1v) is 9.24. The number of rotatable bonds is 5. The van der Waals surface area contributed by atoms with Crippen molar-refractivity contribution in [2.45, 2.75) is 6.54 Å². The molecule has 0 bridgehead atoms. The summed E-state index contributed by atoms with van der Waals surface area (Å²) in [6.07, 6.45) is 1.88. The molecule has 0 aliphatic heterocycles. The summed E-state index contributed by atoms with van der Waals surface area (Å²) in [5.41, 5.74) is 5.81. The van der Waals surface area contributed by atoms with Crippen LogP contribution in [0.25, 0.3) is 22.4 Å². The zero-order chi connectivity index (χ0) is 18.6. The largest absolute Gasteiger partial charge is 0.352 e. The van der Waals surface area contributed by atoms with Crippen LogP contribution in [0, 0.1) is 0 Å². The van der Waals surface area contributed by atoms with Crippen LogP contribution in [-0.4, -0.2) is 9.55 Å². The van der Waals surface area contributed by atoms with E-state index in [2.05, 4.69) is 63.4 Å². The van der Waals surface area contributed by atoms with Crippen molar-refractivity contribution in [2.24, 2.45) is 7.05 Å². The lowest BCUT2D eigenvalue weighted by molar-refractivity contribution is 0.907. The molecule has 0 aliphatic rings. The highest BCUT2D eigenvalue weighted by Crippen LogP contribution is 2.24. The number of imidazole rings is 1. The molecule has 0 spiro atoms. The molecule has 1 N–H and O–H groups in total. The molecule has 0 aliphatic carbocycles. The summed E-state index contributed by atoms with van der Waals surface area (Å²) < 4.78 is 2.06. The monoisotopic (exact) mass is 373 g/mol. The molecule has 0 atom stereocenters. The van der Waals surface area contributed by atoms with Gasteiger partial charge in [-0.1, -0.05) is 78.3 Å². The van der Waals surface area contributed by atoms with Gasteiger partial charge in [0, 0.05) is 18.6 Å². The van der Waals surface area contributed by atoms with E-state index < -0.39 is 0 Å². The van der Waals surface area contributed by atoms with E-state index in [0.717, 1.165) is 28.8 Å². The van der Waals surface area contributed by atoms with Crippen LogP contribution in [0.3, 0.4) is 0 Å². The smallest absolute Gasteiger partial charge is 0.203 e. The Hall–Kier alpha value is -3.04. The molecule has 0 radical (unpaired) electrons. The molecule has 27 heavy (non-hydrogen) atoms. The van der Waals surface area contributed by atoms with Crippen molar-refractivity contribution in [1.29, 1.82) is 0 Å². The summed E-state index contributed by atoms with van der Waals surface area (Å²) in [6, 6.07) is 26.8. The van der Waals surface area contributed by atoms with E-state index in [0.29, 0.717) is 0 Å². The van der Waals surface area contributed by atoms with Crippen molar-refractivity contribution in [2.75, 3.05) is 5.32 Å². The fourth-order valence-corrected chi connectivity index (χ4v) is 3.22. The third-order valence-corrected chi connectivity index (χ3v) is 4.89. The van der Waals surface area contributed by atoms with E-state index in [1.807, 2.05) is 43.6 Å². The zero-order valence-corrected chi connectivity index (χ0v) is 15.8. The second kappa shape index (κ2) is 7.68. The lowest BCUT2D eigenvalue weighted by Gasteiger charge is -2.09. The van der Waals surface area contributed by atoms with Crippen LogP contribution in [0.5, 0.6) is 0 Å². The van der Waals surface area contributed by atoms with Crippen LogP contribution in [-0.2, 0) is 13.6 Å². The Balaban J connectivity index is 1.45. The molecule has 4 heteroatoms. The average Bonchev–Trinajstić information content (AvgIpc) is 3.08. The Morgan fingerprint density at radius 1 is 0.815 bits per heavy atom. The van der Waals surface area contributed by atoms with E-state index in [1.54, 1.807) is 0 Å². The topological polar surface area (TPSA) is 29.9 Å². The highest BCUT2D eigenvalue weighted by molar-refractivity contribution is 6.30. The van der Waals surface area contributed by atoms with Crippen LogP contribution >= 0.6 is 11.6 Å². The minimum Gasteiger partial charge on any atom is -0.352 e. The van der Waals surface area contributed by atoms with Crippen molar-refractivity contribution in [3.8, 4) is 22.4 Å². The molecule has 1 aromatic heterocycles. The van der Waals surface area contributed by atoms with Gasteiger partial charge in [-0.15, -0.1) is 0 Å². The van der Waals surface area contributed by atoms with Crippen molar-refractivity contribution in [1.82, 2.24) is 9.55 Å². The maximum Gasteiger partial charge on any atom is 0.203 e. The van der Waals surface area contributed by atoms with Gasteiger partial charge in [-0.2, -0.15) is 0 Å². The van der Waals surface area contributed by atoms with E-state index >= 15 is 0 Å². The lowest BCUT2D eigenvalue weighted by atomic mass is 10.0. The molecule has 3 aromatic carbocycles. The first kappa shape index (κ1) is 17.4. The number of halogens is 1. The average molecular weight is 374 g/mol. The molecular weight excluding hydrogens is 354 g/mol. The van der Waals surface area contributed by atoms with Crippen LogP contribution < -0.4 is 5.32 Å². The number of hydrogen-bond acceptors (Lipinski definition) is 2. The van der Waals surface area contributed by atoms with Crippen molar-refractivity contribution >= 4 is 17.5 Å². The van der Waals surface area contributed by atoms with Gasteiger partial charge in [0.05, 0.1) is 11.9 Å². The second-order valence-electron chi connectivity index (χ2n) is 6.45. The minimum absolute atomic E-state index is 0.722. The summed E-state index contributed by atoms with van der Waals surface area (Å²) in [6.45, 7) is 0.722. The molecule has 0 saturated heterocycles. The highest BCUT2D eigenvalue weighted by atomic mass is 35.5. The first-order chi connectivity index (χ1) is 13.2. The van der Waals surface area contributed by atoms with Crippen molar-refractivity contribution < 1.29 is 0 Å². The van der Waals surface area contributed by atoms with Gasteiger partial charge in [0.25, 0.3) is 0 Å². The number of benzene rings is 3. The van der Waals surface area contributed by atoms with Gasteiger partial charge < -0.3 is 9.88 Å². The summed E-state index contributed by atoms with van der Waals surface area (Å²) in [5.74, 6) is 0.840. The summed E-state index contributed by atoms with van der Waals surface area (Å²) >= 11 is 5.98. The highest BCUT2D eigenvalue weighted by Gasteiger charge is 2.08. The van der Waals surface area contributed by atoms with E-state index in [1.165, 1.54) is 16.7 Å².